The van der Waals surface area contributed by atoms with Gasteiger partial charge in [0.25, 0.3) is 0 Å². The molecule has 0 aromatic carbocycles. The lowest BCUT2D eigenvalue weighted by molar-refractivity contribution is -0.133. The first-order valence-corrected chi connectivity index (χ1v) is 11.2. The van der Waals surface area contributed by atoms with E-state index < -0.39 is 0 Å². The first-order chi connectivity index (χ1) is 14.6. The van der Waals surface area contributed by atoms with Gasteiger partial charge < -0.3 is 14.7 Å². The average Bonchev–Trinajstić information content (AvgIpc) is 3.40. The zero-order valence-corrected chi connectivity index (χ0v) is 18.0. The Morgan fingerprint density at radius 2 is 1.73 bits per heavy atom. The summed E-state index contributed by atoms with van der Waals surface area (Å²) in [5, 5.41) is 4.55. The average molecular weight is 410 g/mol. The summed E-state index contributed by atoms with van der Waals surface area (Å²) in [6.45, 7) is 11.2. The summed E-state index contributed by atoms with van der Waals surface area (Å²) < 4.78 is 1.89. The van der Waals surface area contributed by atoms with E-state index in [1.54, 1.807) is 6.33 Å². The Morgan fingerprint density at radius 1 is 0.967 bits per heavy atom. The molecule has 5 rings (SSSR count). The van der Waals surface area contributed by atoms with Crippen LogP contribution >= 0.6 is 0 Å². The maximum Gasteiger partial charge on any atom is 0.222 e. The smallest absolute Gasteiger partial charge is 0.222 e. The molecule has 3 saturated heterocycles. The molecule has 8 nitrogen and oxygen atoms in total. The van der Waals surface area contributed by atoms with Gasteiger partial charge in [-0.3, -0.25) is 4.79 Å². The molecule has 0 aliphatic carbocycles. The second kappa shape index (κ2) is 7.98. The van der Waals surface area contributed by atoms with Crippen molar-refractivity contribution >= 4 is 11.7 Å². The van der Waals surface area contributed by atoms with Gasteiger partial charge in [0, 0.05) is 64.0 Å². The lowest BCUT2D eigenvalue weighted by atomic mass is 10.0. The molecular formula is C22H31N7O. The van der Waals surface area contributed by atoms with E-state index >= 15 is 0 Å². The summed E-state index contributed by atoms with van der Waals surface area (Å²) in [7, 11) is 0. The van der Waals surface area contributed by atoms with Gasteiger partial charge in [-0.05, 0) is 44.6 Å². The fraction of sp³-hybridized carbons (Fsp3) is 0.636. The van der Waals surface area contributed by atoms with Crippen LogP contribution in [0.2, 0.25) is 0 Å². The SMILES string of the molecule is Cc1cc(C)n(-c2cc(N3CC4CN(CCN5CCCCC5=O)CC4C3)ncn2)n1. The maximum absolute atomic E-state index is 12.0. The minimum atomic E-state index is 0.342. The van der Waals surface area contributed by atoms with Crippen molar-refractivity contribution in [2.45, 2.75) is 33.1 Å². The summed E-state index contributed by atoms with van der Waals surface area (Å²) in [5.74, 6) is 3.51. The van der Waals surface area contributed by atoms with Crippen molar-refractivity contribution in [3.63, 3.8) is 0 Å². The molecule has 8 heteroatoms. The number of piperidine rings is 1. The van der Waals surface area contributed by atoms with Crippen molar-refractivity contribution in [3.05, 3.63) is 29.8 Å². The molecular weight excluding hydrogens is 378 g/mol. The molecule has 0 N–H and O–H groups in total. The van der Waals surface area contributed by atoms with E-state index in [2.05, 4.69) is 41.9 Å². The van der Waals surface area contributed by atoms with E-state index in [0.29, 0.717) is 17.7 Å². The standard InChI is InChI=1S/C22H31N7O/c1-16-9-17(2)29(25-16)21-10-20(23-15-24-21)28-13-18-11-26(12-19(18)14-28)7-8-27-6-4-3-5-22(27)30/h9-10,15,18-19H,3-8,11-14H2,1-2H3. The third kappa shape index (κ3) is 3.80. The molecule has 30 heavy (non-hydrogen) atoms. The molecule has 2 aromatic heterocycles. The van der Waals surface area contributed by atoms with Crippen LogP contribution in [0.25, 0.3) is 5.82 Å². The van der Waals surface area contributed by atoms with Gasteiger partial charge >= 0.3 is 0 Å². The molecule has 0 bridgehead atoms. The van der Waals surface area contributed by atoms with Crippen molar-refractivity contribution in [1.82, 2.24) is 29.5 Å². The highest BCUT2D eigenvalue weighted by Crippen LogP contribution is 2.33. The monoisotopic (exact) mass is 409 g/mol. The molecule has 2 aromatic rings. The van der Waals surface area contributed by atoms with Crippen molar-refractivity contribution in [1.29, 1.82) is 0 Å². The summed E-state index contributed by atoms with van der Waals surface area (Å²) in [6.07, 6.45) is 4.60. The molecule has 3 aliphatic heterocycles. The highest BCUT2D eigenvalue weighted by atomic mass is 16.2. The van der Waals surface area contributed by atoms with Crippen LogP contribution in [0.5, 0.6) is 0 Å². The van der Waals surface area contributed by atoms with Crippen molar-refractivity contribution in [3.8, 4) is 5.82 Å². The first kappa shape index (κ1) is 19.5. The first-order valence-electron chi connectivity index (χ1n) is 11.2. The molecule has 3 fully saturated rings. The molecule has 3 aliphatic rings. The number of likely N-dealkylation sites (tertiary alicyclic amines) is 2. The predicted molar refractivity (Wildman–Crippen MR) is 115 cm³/mol. The number of aromatic nitrogens is 4. The van der Waals surface area contributed by atoms with Crippen LogP contribution in [0.4, 0.5) is 5.82 Å². The highest BCUT2D eigenvalue weighted by Gasteiger charge is 2.40. The Morgan fingerprint density at radius 3 is 2.43 bits per heavy atom. The van der Waals surface area contributed by atoms with Crippen molar-refractivity contribution in [2.24, 2.45) is 11.8 Å². The van der Waals surface area contributed by atoms with Crippen LogP contribution in [0.15, 0.2) is 18.5 Å². The largest absolute Gasteiger partial charge is 0.356 e. The number of fused-ring (bicyclic) bond motifs is 1. The van der Waals surface area contributed by atoms with E-state index in [4.69, 9.17) is 0 Å². The number of nitrogens with zero attached hydrogens (tertiary/aromatic N) is 7. The van der Waals surface area contributed by atoms with Crippen LogP contribution in [0.3, 0.4) is 0 Å². The fourth-order valence-corrected chi connectivity index (χ4v) is 5.31. The molecule has 160 valence electrons. The van der Waals surface area contributed by atoms with Crippen LogP contribution in [-0.2, 0) is 4.79 Å². The van der Waals surface area contributed by atoms with E-state index in [0.717, 1.165) is 88.1 Å². The second-order valence-corrected chi connectivity index (χ2v) is 9.10. The number of anilines is 1. The topological polar surface area (TPSA) is 70.4 Å². The number of carbonyl (C=O) groups excluding carboxylic acids is 1. The summed E-state index contributed by atoms with van der Waals surface area (Å²) in [6, 6.07) is 4.12. The number of carbonyl (C=O) groups is 1. The van der Waals surface area contributed by atoms with Gasteiger partial charge in [0.05, 0.1) is 5.69 Å². The Bertz CT molecular complexity index is 912. The van der Waals surface area contributed by atoms with Crippen LogP contribution in [0, 0.1) is 25.7 Å². The maximum atomic E-state index is 12.0. The van der Waals surface area contributed by atoms with Gasteiger partial charge in [0.1, 0.15) is 12.1 Å². The third-order valence-electron chi connectivity index (χ3n) is 6.86. The van der Waals surface area contributed by atoms with Gasteiger partial charge in [-0.25, -0.2) is 14.6 Å². The number of amides is 1. The number of aryl methyl sites for hydroxylation is 2. The Balaban J connectivity index is 1.18. The van der Waals surface area contributed by atoms with E-state index in [-0.39, 0.29) is 0 Å². The molecule has 0 spiro atoms. The van der Waals surface area contributed by atoms with E-state index in [1.165, 1.54) is 0 Å². The van der Waals surface area contributed by atoms with Gasteiger partial charge in [-0.2, -0.15) is 5.10 Å². The van der Waals surface area contributed by atoms with Crippen molar-refractivity contribution < 1.29 is 4.79 Å². The molecule has 0 radical (unpaired) electrons. The van der Waals surface area contributed by atoms with Gasteiger partial charge in [0.15, 0.2) is 5.82 Å². The van der Waals surface area contributed by atoms with Crippen LogP contribution in [-0.4, -0.2) is 81.3 Å². The predicted octanol–water partition coefficient (Wildman–Crippen LogP) is 1.66. The molecule has 5 heterocycles. The lowest BCUT2D eigenvalue weighted by Gasteiger charge is -2.29. The van der Waals surface area contributed by atoms with Crippen LogP contribution < -0.4 is 4.90 Å². The fourth-order valence-electron chi connectivity index (χ4n) is 5.31. The minimum Gasteiger partial charge on any atom is -0.356 e. The molecule has 2 unspecified atom stereocenters. The highest BCUT2D eigenvalue weighted by molar-refractivity contribution is 5.76. The zero-order valence-electron chi connectivity index (χ0n) is 18.0. The number of rotatable bonds is 5. The Labute approximate surface area is 177 Å². The Hall–Kier alpha value is -2.48. The van der Waals surface area contributed by atoms with Gasteiger partial charge in [0.2, 0.25) is 5.91 Å². The van der Waals surface area contributed by atoms with Crippen LogP contribution in [0.1, 0.15) is 30.7 Å². The normalized spacial score (nSPS) is 24.7. The van der Waals surface area contributed by atoms with Gasteiger partial charge in [-0.1, -0.05) is 0 Å². The summed E-state index contributed by atoms with van der Waals surface area (Å²) in [4.78, 5) is 28.0. The quantitative estimate of drug-likeness (QED) is 0.748. The summed E-state index contributed by atoms with van der Waals surface area (Å²) >= 11 is 0. The Kier molecular flexibility index (Phi) is 5.18. The lowest BCUT2D eigenvalue weighted by Crippen LogP contribution is -2.41. The second-order valence-electron chi connectivity index (χ2n) is 9.10. The molecule has 1 amide bonds. The van der Waals surface area contributed by atoms with Crippen molar-refractivity contribution in [2.75, 3.05) is 50.7 Å². The number of hydrogen-bond acceptors (Lipinski definition) is 6. The molecule has 2 atom stereocenters. The summed E-state index contributed by atoms with van der Waals surface area (Å²) in [5.41, 5.74) is 2.08. The number of hydrogen-bond donors (Lipinski definition) is 0. The third-order valence-corrected chi connectivity index (χ3v) is 6.86. The zero-order chi connectivity index (χ0) is 20.7. The molecule has 0 saturated carbocycles. The minimum absolute atomic E-state index is 0.342. The van der Waals surface area contributed by atoms with Gasteiger partial charge in [-0.15, -0.1) is 0 Å². The van der Waals surface area contributed by atoms with E-state index in [1.807, 2.05) is 18.5 Å². The van der Waals surface area contributed by atoms with E-state index in [9.17, 15) is 4.79 Å².